The summed E-state index contributed by atoms with van der Waals surface area (Å²) in [5.74, 6) is -0.585. The van der Waals surface area contributed by atoms with Gasteiger partial charge >= 0.3 is 0 Å². The first-order chi connectivity index (χ1) is 10.2. The number of hydrogen-bond donors (Lipinski definition) is 1. The maximum absolute atomic E-state index is 13.7. The van der Waals surface area contributed by atoms with Crippen LogP contribution in [0.5, 0.6) is 0 Å². The Morgan fingerprint density at radius 1 is 1.10 bits per heavy atom. The highest BCUT2D eigenvalue weighted by molar-refractivity contribution is 6.09. The van der Waals surface area contributed by atoms with E-state index in [0.717, 1.165) is 5.56 Å². The van der Waals surface area contributed by atoms with E-state index in [9.17, 15) is 9.18 Å². The highest BCUT2D eigenvalue weighted by atomic mass is 19.1. The number of rotatable bonds is 2. The van der Waals surface area contributed by atoms with Crippen molar-refractivity contribution in [1.29, 1.82) is 0 Å². The second kappa shape index (κ2) is 5.32. The van der Waals surface area contributed by atoms with E-state index >= 15 is 0 Å². The summed E-state index contributed by atoms with van der Waals surface area (Å²) in [6, 6.07) is 13.5. The molecule has 0 aliphatic rings. The molecule has 2 aromatic carbocycles. The molecule has 0 atom stereocenters. The van der Waals surface area contributed by atoms with E-state index in [4.69, 9.17) is 0 Å². The number of hydrogen-bond acceptors (Lipinski definition) is 2. The predicted molar refractivity (Wildman–Crippen MR) is 80.8 cm³/mol. The smallest absolute Gasteiger partial charge is 0.255 e. The first-order valence-corrected chi connectivity index (χ1v) is 6.57. The number of carbonyl (C=O) groups is 1. The van der Waals surface area contributed by atoms with Crippen LogP contribution in [0, 0.1) is 12.7 Å². The average Bonchev–Trinajstić information content (AvgIpc) is 2.51. The Bertz CT molecular complexity index is 830. The fourth-order valence-corrected chi connectivity index (χ4v) is 2.26. The predicted octanol–water partition coefficient (Wildman–Crippen LogP) is 3.93. The molecule has 1 heterocycles. The van der Waals surface area contributed by atoms with Gasteiger partial charge in [0, 0.05) is 17.1 Å². The monoisotopic (exact) mass is 280 g/mol. The molecular weight excluding hydrogens is 267 g/mol. The van der Waals surface area contributed by atoms with Gasteiger partial charge in [0.2, 0.25) is 0 Å². The molecule has 0 aliphatic carbocycles. The van der Waals surface area contributed by atoms with Gasteiger partial charge in [-0.25, -0.2) is 4.39 Å². The van der Waals surface area contributed by atoms with E-state index in [1.165, 1.54) is 12.1 Å². The van der Waals surface area contributed by atoms with Gasteiger partial charge < -0.3 is 5.32 Å². The van der Waals surface area contributed by atoms with Gasteiger partial charge in [0.05, 0.1) is 11.2 Å². The van der Waals surface area contributed by atoms with Gasteiger partial charge in [-0.05, 0) is 42.8 Å². The molecule has 1 N–H and O–H groups in total. The van der Waals surface area contributed by atoms with Crippen molar-refractivity contribution < 1.29 is 9.18 Å². The third-order valence-electron chi connectivity index (χ3n) is 3.35. The molecule has 21 heavy (non-hydrogen) atoms. The second-order valence-corrected chi connectivity index (χ2v) is 4.76. The molecule has 0 saturated heterocycles. The van der Waals surface area contributed by atoms with Crippen LogP contribution >= 0.6 is 0 Å². The average molecular weight is 280 g/mol. The minimum Gasteiger partial charge on any atom is -0.320 e. The van der Waals surface area contributed by atoms with Crippen LogP contribution in [-0.2, 0) is 0 Å². The largest absolute Gasteiger partial charge is 0.320 e. The Kier molecular flexibility index (Phi) is 3.36. The first kappa shape index (κ1) is 13.2. The Balaban J connectivity index is 2.01. The minimum atomic E-state index is -0.355. The van der Waals surface area contributed by atoms with Gasteiger partial charge in [0.1, 0.15) is 5.82 Å². The van der Waals surface area contributed by atoms with Crippen molar-refractivity contribution >= 4 is 22.5 Å². The Morgan fingerprint density at radius 2 is 1.90 bits per heavy atom. The third kappa shape index (κ3) is 2.48. The number of halogens is 1. The van der Waals surface area contributed by atoms with Crippen LogP contribution in [0.4, 0.5) is 10.1 Å². The molecule has 0 fully saturated rings. The Labute approximate surface area is 121 Å². The molecule has 4 heteroatoms. The number of pyridine rings is 1. The summed E-state index contributed by atoms with van der Waals surface area (Å²) in [7, 11) is 0. The Hall–Kier alpha value is -2.75. The number of nitrogens with zero attached hydrogens (tertiary/aromatic N) is 1. The first-order valence-electron chi connectivity index (χ1n) is 6.57. The lowest BCUT2D eigenvalue weighted by Gasteiger charge is -2.10. The van der Waals surface area contributed by atoms with Crippen molar-refractivity contribution in [2.75, 3.05) is 5.32 Å². The molecule has 0 unspecified atom stereocenters. The van der Waals surface area contributed by atoms with E-state index in [2.05, 4.69) is 10.3 Å². The fourth-order valence-electron chi connectivity index (χ4n) is 2.26. The van der Waals surface area contributed by atoms with Crippen molar-refractivity contribution in [3.05, 3.63) is 71.7 Å². The summed E-state index contributed by atoms with van der Waals surface area (Å²) in [5.41, 5.74) is 2.42. The zero-order chi connectivity index (χ0) is 14.8. The van der Waals surface area contributed by atoms with Gasteiger partial charge in [-0.3, -0.25) is 9.78 Å². The second-order valence-electron chi connectivity index (χ2n) is 4.76. The molecular formula is C17H13FN2O. The molecule has 0 spiro atoms. The van der Waals surface area contributed by atoms with Gasteiger partial charge in [-0.15, -0.1) is 0 Å². The molecule has 0 radical (unpaired) electrons. The van der Waals surface area contributed by atoms with Gasteiger partial charge in [0.15, 0.2) is 0 Å². The van der Waals surface area contributed by atoms with E-state index in [1.54, 1.807) is 24.4 Å². The number of carbonyl (C=O) groups excluding carboxylic acids is 1. The van der Waals surface area contributed by atoms with E-state index in [1.807, 2.05) is 25.1 Å². The summed E-state index contributed by atoms with van der Waals surface area (Å²) >= 11 is 0. The van der Waals surface area contributed by atoms with Crippen LogP contribution in [0.25, 0.3) is 10.9 Å². The van der Waals surface area contributed by atoms with Crippen LogP contribution in [-0.4, -0.2) is 10.9 Å². The quantitative estimate of drug-likeness (QED) is 0.772. The maximum Gasteiger partial charge on any atom is 0.255 e. The number of aromatic nitrogens is 1. The molecule has 1 aromatic heterocycles. The summed E-state index contributed by atoms with van der Waals surface area (Å²) in [5, 5.41) is 3.19. The highest BCUT2D eigenvalue weighted by Crippen LogP contribution is 2.24. The molecule has 0 bridgehead atoms. The lowest BCUT2D eigenvalue weighted by Crippen LogP contribution is -2.13. The number of benzene rings is 2. The Morgan fingerprint density at radius 3 is 2.71 bits per heavy atom. The van der Waals surface area contributed by atoms with Gasteiger partial charge in [-0.1, -0.05) is 18.2 Å². The molecule has 3 aromatic rings. The number of anilines is 1. The standard InChI is InChI=1S/C17H13FN2O/c1-11-5-2-3-6-12(11)17(21)20-15-9-8-14(18)13-7-4-10-19-16(13)15/h2-10H,1H3,(H,20,21). The summed E-state index contributed by atoms with van der Waals surface area (Å²) in [6.45, 7) is 1.87. The molecule has 104 valence electrons. The lowest BCUT2D eigenvalue weighted by molar-refractivity contribution is 0.102. The van der Waals surface area contributed by atoms with Crippen LogP contribution in [0.2, 0.25) is 0 Å². The number of amides is 1. The maximum atomic E-state index is 13.7. The topological polar surface area (TPSA) is 42.0 Å². The van der Waals surface area contributed by atoms with Crippen LogP contribution in [0.1, 0.15) is 15.9 Å². The third-order valence-corrected chi connectivity index (χ3v) is 3.35. The van der Waals surface area contributed by atoms with Crippen LogP contribution in [0.15, 0.2) is 54.7 Å². The summed E-state index contributed by atoms with van der Waals surface area (Å²) in [4.78, 5) is 16.5. The number of nitrogens with one attached hydrogen (secondary N) is 1. The molecule has 3 rings (SSSR count). The van der Waals surface area contributed by atoms with Crippen molar-refractivity contribution in [3.8, 4) is 0 Å². The van der Waals surface area contributed by atoms with Crippen molar-refractivity contribution in [2.45, 2.75) is 6.92 Å². The van der Waals surface area contributed by atoms with E-state index in [0.29, 0.717) is 22.2 Å². The SMILES string of the molecule is Cc1ccccc1C(=O)Nc1ccc(F)c2cccnc12. The van der Waals surface area contributed by atoms with Crippen LogP contribution in [0.3, 0.4) is 0 Å². The zero-order valence-electron chi connectivity index (χ0n) is 11.4. The molecule has 3 nitrogen and oxygen atoms in total. The van der Waals surface area contributed by atoms with Crippen molar-refractivity contribution in [3.63, 3.8) is 0 Å². The molecule has 0 saturated carbocycles. The van der Waals surface area contributed by atoms with Gasteiger partial charge in [-0.2, -0.15) is 0 Å². The lowest BCUT2D eigenvalue weighted by atomic mass is 10.1. The van der Waals surface area contributed by atoms with Gasteiger partial charge in [0.25, 0.3) is 5.91 Å². The molecule has 1 amide bonds. The summed E-state index contributed by atoms with van der Waals surface area (Å²) < 4.78 is 13.7. The zero-order valence-corrected chi connectivity index (χ0v) is 11.4. The van der Waals surface area contributed by atoms with Crippen LogP contribution < -0.4 is 5.32 Å². The minimum absolute atomic E-state index is 0.230. The normalized spacial score (nSPS) is 10.6. The number of aryl methyl sites for hydroxylation is 1. The highest BCUT2D eigenvalue weighted by Gasteiger charge is 2.12. The van der Waals surface area contributed by atoms with E-state index < -0.39 is 0 Å². The van der Waals surface area contributed by atoms with Crippen molar-refractivity contribution in [1.82, 2.24) is 4.98 Å². The summed E-state index contributed by atoms with van der Waals surface area (Å²) in [6.07, 6.45) is 1.57. The van der Waals surface area contributed by atoms with E-state index in [-0.39, 0.29) is 11.7 Å². The van der Waals surface area contributed by atoms with Crippen molar-refractivity contribution in [2.24, 2.45) is 0 Å². The molecule has 0 aliphatic heterocycles. The fraction of sp³-hybridized carbons (Fsp3) is 0.0588. The number of fused-ring (bicyclic) bond motifs is 1.